The predicted molar refractivity (Wildman–Crippen MR) is 129 cm³/mol. The molecule has 7 rings (SSSR count). The first-order valence-electron chi connectivity index (χ1n) is 11.5. The molecule has 10 heteroatoms. The first-order chi connectivity index (χ1) is 16.5. The van der Waals surface area contributed by atoms with Crippen molar-refractivity contribution in [3.8, 4) is 0 Å². The van der Waals surface area contributed by atoms with Crippen molar-refractivity contribution in [1.29, 1.82) is 0 Å². The van der Waals surface area contributed by atoms with Gasteiger partial charge in [-0.2, -0.15) is 5.10 Å². The summed E-state index contributed by atoms with van der Waals surface area (Å²) < 4.78 is 16.3. The Hall–Kier alpha value is -3.79. The lowest BCUT2D eigenvalue weighted by atomic mass is 10.1. The van der Waals surface area contributed by atoms with Gasteiger partial charge in [-0.25, -0.2) is 23.9 Å². The van der Waals surface area contributed by atoms with Gasteiger partial charge < -0.3 is 20.9 Å². The summed E-state index contributed by atoms with van der Waals surface area (Å²) in [6.07, 6.45) is 8.11. The number of nitrogens with zero attached hydrogens (tertiary/aromatic N) is 6. The summed E-state index contributed by atoms with van der Waals surface area (Å²) in [6.45, 7) is 1.74. The van der Waals surface area contributed by atoms with E-state index >= 15 is 0 Å². The third kappa shape index (κ3) is 2.88. The van der Waals surface area contributed by atoms with E-state index in [9.17, 15) is 4.39 Å². The van der Waals surface area contributed by atoms with E-state index in [0.717, 1.165) is 59.2 Å². The Kier molecular flexibility index (Phi) is 3.97. The lowest BCUT2D eigenvalue weighted by molar-refractivity contribution is 0.553. The van der Waals surface area contributed by atoms with Crippen molar-refractivity contribution in [1.82, 2.24) is 29.5 Å². The summed E-state index contributed by atoms with van der Waals surface area (Å²) in [5, 5.41) is 9.00. The molecule has 1 aliphatic carbocycles. The molecule has 0 radical (unpaired) electrons. The quantitative estimate of drug-likeness (QED) is 0.380. The van der Waals surface area contributed by atoms with Crippen LogP contribution >= 0.6 is 0 Å². The van der Waals surface area contributed by atoms with E-state index in [1.54, 1.807) is 23.8 Å². The third-order valence-electron chi connectivity index (χ3n) is 7.42. The fourth-order valence-electron chi connectivity index (χ4n) is 5.44. The van der Waals surface area contributed by atoms with Crippen LogP contribution in [0.15, 0.2) is 36.8 Å². The number of hydrogen-bond acceptors (Lipinski definition) is 7. The molecule has 34 heavy (non-hydrogen) atoms. The highest BCUT2D eigenvalue weighted by molar-refractivity contribution is 6.14. The normalized spacial score (nSPS) is 22.0. The summed E-state index contributed by atoms with van der Waals surface area (Å²) in [5.74, 6) is 1.21. The van der Waals surface area contributed by atoms with Crippen molar-refractivity contribution in [2.45, 2.75) is 25.3 Å². The number of aromatic nitrogens is 6. The Bertz CT molecular complexity index is 1590. The molecule has 1 spiro atoms. The van der Waals surface area contributed by atoms with Crippen molar-refractivity contribution >= 4 is 39.1 Å². The maximum atomic E-state index is 14.5. The van der Waals surface area contributed by atoms with Gasteiger partial charge in [-0.15, -0.1) is 0 Å². The number of anilines is 2. The van der Waals surface area contributed by atoms with E-state index < -0.39 is 0 Å². The zero-order valence-electron chi connectivity index (χ0n) is 18.7. The fourth-order valence-corrected chi connectivity index (χ4v) is 5.44. The molecule has 2 atom stereocenters. The minimum Gasteiger partial charge on any atom is -0.386 e. The SMILES string of the molecule is CNc1cc(F)cc2c1[nH]c1nc(Cc3cnc4ccnn4c3)nc(N3CC[C@@]4(C[C@H]4N)C3)c12. The second kappa shape index (κ2) is 6.86. The average molecular weight is 458 g/mol. The number of aromatic amines is 1. The van der Waals surface area contributed by atoms with E-state index in [0.29, 0.717) is 23.6 Å². The van der Waals surface area contributed by atoms with Crippen LogP contribution in [-0.4, -0.2) is 55.7 Å². The van der Waals surface area contributed by atoms with Gasteiger partial charge in [-0.1, -0.05) is 0 Å². The highest BCUT2D eigenvalue weighted by Crippen LogP contribution is 2.53. The van der Waals surface area contributed by atoms with E-state index in [2.05, 4.69) is 25.3 Å². The Labute approximate surface area is 194 Å². The lowest BCUT2D eigenvalue weighted by Crippen LogP contribution is -2.24. The van der Waals surface area contributed by atoms with Crippen molar-refractivity contribution in [3.63, 3.8) is 0 Å². The summed E-state index contributed by atoms with van der Waals surface area (Å²) in [4.78, 5) is 20.1. The molecule has 0 unspecified atom stereocenters. The smallest absolute Gasteiger partial charge is 0.154 e. The Morgan fingerprint density at radius 1 is 1.32 bits per heavy atom. The van der Waals surface area contributed by atoms with Crippen molar-refractivity contribution < 1.29 is 4.39 Å². The van der Waals surface area contributed by atoms with Crippen LogP contribution in [0.1, 0.15) is 24.2 Å². The molecule has 1 saturated carbocycles. The van der Waals surface area contributed by atoms with Crippen LogP contribution in [0.4, 0.5) is 15.9 Å². The van der Waals surface area contributed by atoms with Gasteiger partial charge in [0, 0.05) is 61.9 Å². The van der Waals surface area contributed by atoms with Crippen LogP contribution in [-0.2, 0) is 6.42 Å². The molecule has 0 bridgehead atoms. The van der Waals surface area contributed by atoms with Gasteiger partial charge in [0.1, 0.15) is 23.1 Å². The second-order valence-corrected chi connectivity index (χ2v) is 9.56. The molecular formula is C24H24FN9. The van der Waals surface area contributed by atoms with Crippen molar-refractivity contribution in [2.24, 2.45) is 11.1 Å². The highest BCUT2D eigenvalue weighted by atomic mass is 19.1. The monoisotopic (exact) mass is 457 g/mol. The lowest BCUT2D eigenvalue weighted by Gasteiger charge is -2.19. The highest BCUT2D eigenvalue weighted by Gasteiger charge is 2.55. The standard InChI is InChI=1S/C24H24FN9/c1-27-16-8-14(25)7-15-20-22(32-21(15)16)30-18(6-13-10-28-19-2-4-29-34(19)11-13)31-23(20)33-5-3-24(12-33)9-17(24)26/h2,4,7-8,10-11,17,27H,3,5-6,9,12,26H2,1H3,(H,30,31,32)/t17-,24-/m1/s1. The number of H-pyrrole nitrogens is 1. The van der Waals surface area contributed by atoms with Crippen molar-refractivity contribution in [2.75, 3.05) is 30.4 Å². The zero-order valence-corrected chi connectivity index (χ0v) is 18.7. The van der Waals surface area contributed by atoms with Crippen LogP contribution in [0.25, 0.3) is 27.6 Å². The molecule has 2 fully saturated rings. The fraction of sp³-hybridized carbons (Fsp3) is 0.333. The maximum absolute atomic E-state index is 14.5. The minimum absolute atomic E-state index is 0.181. The second-order valence-electron chi connectivity index (χ2n) is 9.56. The van der Waals surface area contributed by atoms with Gasteiger partial charge in [0.2, 0.25) is 0 Å². The van der Waals surface area contributed by atoms with Crippen LogP contribution in [0.3, 0.4) is 0 Å². The van der Waals surface area contributed by atoms with Crippen LogP contribution in [0.5, 0.6) is 0 Å². The molecule has 172 valence electrons. The zero-order chi connectivity index (χ0) is 23.0. The molecule has 1 saturated heterocycles. The minimum atomic E-state index is -0.298. The van der Waals surface area contributed by atoms with E-state index in [-0.39, 0.29) is 17.3 Å². The van der Waals surface area contributed by atoms with Gasteiger partial charge in [0.05, 0.1) is 22.8 Å². The molecular weight excluding hydrogens is 433 g/mol. The van der Waals surface area contributed by atoms with E-state index in [1.165, 1.54) is 6.07 Å². The average Bonchev–Trinajstić information content (AvgIpc) is 3.24. The van der Waals surface area contributed by atoms with E-state index in [1.807, 2.05) is 18.5 Å². The topological polar surface area (TPSA) is 113 Å². The Balaban J connectivity index is 1.40. The number of rotatable bonds is 4. The summed E-state index contributed by atoms with van der Waals surface area (Å²) in [7, 11) is 1.79. The van der Waals surface area contributed by atoms with Gasteiger partial charge >= 0.3 is 0 Å². The number of nitrogens with two attached hydrogens (primary N) is 1. The molecule has 4 N–H and O–H groups in total. The number of halogens is 1. The number of fused-ring (bicyclic) bond motifs is 4. The first-order valence-corrected chi connectivity index (χ1v) is 11.5. The van der Waals surface area contributed by atoms with Gasteiger partial charge in [-0.05, 0) is 30.5 Å². The molecule has 9 nitrogen and oxygen atoms in total. The molecule has 5 heterocycles. The maximum Gasteiger partial charge on any atom is 0.154 e. The van der Waals surface area contributed by atoms with E-state index in [4.69, 9.17) is 15.7 Å². The summed E-state index contributed by atoms with van der Waals surface area (Å²) in [6, 6.07) is 5.16. The molecule has 4 aromatic heterocycles. The molecule has 2 aliphatic rings. The molecule has 1 aliphatic heterocycles. The van der Waals surface area contributed by atoms with Crippen molar-refractivity contribution in [3.05, 3.63) is 54.0 Å². The number of nitrogens with one attached hydrogen (secondary N) is 2. The molecule has 5 aromatic rings. The summed E-state index contributed by atoms with van der Waals surface area (Å²) >= 11 is 0. The Morgan fingerprint density at radius 3 is 3.00 bits per heavy atom. The number of hydrogen-bond donors (Lipinski definition) is 3. The largest absolute Gasteiger partial charge is 0.386 e. The number of benzene rings is 1. The predicted octanol–water partition coefficient (Wildman–Crippen LogP) is 2.85. The van der Waals surface area contributed by atoms with Gasteiger partial charge in [0.15, 0.2) is 5.65 Å². The van der Waals surface area contributed by atoms with Crippen LogP contribution in [0.2, 0.25) is 0 Å². The summed E-state index contributed by atoms with van der Waals surface area (Å²) in [5.41, 5.74) is 10.4. The van der Waals surface area contributed by atoms with Crippen LogP contribution < -0.4 is 16.0 Å². The van der Waals surface area contributed by atoms with Crippen LogP contribution in [0, 0.1) is 11.2 Å². The molecule has 0 amide bonds. The Morgan fingerprint density at radius 2 is 2.21 bits per heavy atom. The first kappa shape index (κ1) is 19.7. The third-order valence-corrected chi connectivity index (χ3v) is 7.42. The molecule has 1 aromatic carbocycles. The van der Waals surface area contributed by atoms with Gasteiger partial charge in [-0.3, -0.25) is 0 Å². The van der Waals surface area contributed by atoms with Gasteiger partial charge in [0.25, 0.3) is 0 Å².